The molecule has 0 aliphatic rings. The van der Waals surface area contributed by atoms with Crippen molar-refractivity contribution in [2.24, 2.45) is 5.73 Å². The number of aromatic nitrogens is 3. The molecule has 0 spiro atoms. The van der Waals surface area contributed by atoms with Gasteiger partial charge in [-0.15, -0.1) is 0 Å². The fourth-order valence-electron chi connectivity index (χ4n) is 1.78. The first-order valence-electron chi connectivity index (χ1n) is 6.11. The third-order valence-electron chi connectivity index (χ3n) is 2.80. The molecule has 1 aromatic carbocycles. The number of H-pyrrole nitrogens is 1. The van der Waals surface area contributed by atoms with Gasteiger partial charge in [0, 0.05) is 5.56 Å². The first-order valence-corrected chi connectivity index (χ1v) is 8.17. The summed E-state index contributed by atoms with van der Waals surface area (Å²) in [6.07, 6.45) is 1.33. The van der Waals surface area contributed by atoms with E-state index in [1.165, 1.54) is 6.33 Å². The Bertz CT molecular complexity index is 711. The third-order valence-corrected chi connectivity index (χ3v) is 4.46. The Hall–Kier alpha value is -1.84. The zero-order chi connectivity index (χ0) is 15.5. The number of hydrogen-bond acceptors (Lipinski definition) is 5. The smallest absolute Gasteiger partial charge is 0.216 e. The molecule has 9 heteroatoms. The SMILES string of the molecule is CC(NS(=O)(=O)Cc1ccc(C(N)=S)cc1)c1ncn[nH]1. The molecule has 4 N–H and O–H groups in total. The average molecular weight is 325 g/mol. The molecule has 1 unspecified atom stereocenters. The van der Waals surface area contributed by atoms with E-state index in [4.69, 9.17) is 18.0 Å². The second-order valence-corrected chi connectivity index (χ2v) is 6.72. The number of hydrogen-bond donors (Lipinski definition) is 3. The molecule has 0 amide bonds. The monoisotopic (exact) mass is 325 g/mol. The number of rotatable bonds is 6. The van der Waals surface area contributed by atoms with Crippen LogP contribution in [-0.4, -0.2) is 28.6 Å². The lowest BCUT2D eigenvalue weighted by atomic mass is 10.1. The van der Waals surface area contributed by atoms with Gasteiger partial charge in [-0.2, -0.15) is 5.10 Å². The molecule has 0 aliphatic heterocycles. The molecule has 0 radical (unpaired) electrons. The van der Waals surface area contributed by atoms with Crippen molar-refractivity contribution in [1.29, 1.82) is 0 Å². The van der Waals surface area contributed by atoms with Crippen LogP contribution in [0.2, 0.25) is 0 Å². The van der Waals surface area contributed by atoms with Crippen molar-refractivity contribution in [3.05, 3.63) is 47.5 Å². The van der Waals surface area contributed by atoms with Gasteiger partial charge in [0.1, 0.15) is 17.1 Å². The van der Waals surface area contributed by atoms with Crippen molar-refractivity contribution in [3.63, 3.8) is 0 Å². The number of nitrogens with one attached hydrogen (secondary N) is 2. The zero-order valence-corrected chi connectivity index (χ0v) is 12.9. The molecule has 1 aromatic heterocycles. The minimum atomic E-state index is -3.49. The van der Waals surface area contributed by atoms with Crippen LogP contribution in [0.25, 0.3) is 0 Å². The molecule has 0 fully saturated rings. The van der Waals surface area contributed by atoms with Crippen LogP contribution in [0.5, 0.6) is 0 Å². The Kier molecular flexibility index (Phi) is 4.66. The summed E-state index contributed by atoms with van der Waals surface area (Å²) in [5.41, 5.74) is 6.84. The summed E-state index contributed by atoms with van der Waals surface area (Å²) in [5.74, 6) is 0.325. The van der Waals surface area contributed by atoms with E-state index in [1.54, 1.807) is 31.2 Å². The normalized spacial score (nSPS) is 13.0. The van der Waals surface area contributed by atoms with Crippen molar-refractivity contribution in [3.8, 4) is 0 Å². The molecule has 1 atom stereocenters. The topological polar surface area (TPSA) is 114 Å². The Morgan fingerprint density at radius 3 is 2.62 bits per heavy atom. The minimum absolute atomic E-state index is 0.136. The molecule has 0 saturated heterocycles. The molecular weight excluding hydrogens is 310 g/mol. The third kappa shape index (κ3) is 4.31. The quantitative estimate of drug-likeness (QED) is 0.671. The van der Waals surface area contributed by atoms with Crippen molar-refractivity contribution in [2.45, 2.75) is 18.7 Å². The second kappa shape index (κ2) is 6.29. The zero-order valence-electron chi connectivity index (χ0n) is 11.3. The summed E-state index contributed by atoms with van der Waals surface area (Å²) in [6, 6.07) is 6.30. The highest BCUT2D eigenvalue weighted by Crippen LogP contribution is 2.11. The van der Waals surface area contributed by atoms with Crippen LogP contribution in [0, 0.1) is 0 Å². The summed E-state index contributed by atoms with van der Waals surface area (Å²) in [4.78, 5) is 4.20. The van der Waals surface area contributed by atoms with Crippen LogP contribution in [-0.2, 0) is 15.8 Å². The van der Waals surface area contributed by atoms with Gasteiger partial charge in [-0.1, -0.05) is 36.5 Å². The Labute approximate surface area is 128 Å². The summed E-state index contributed by atoms with van der Waals surface area (Å²) in [7, 11) is -3.49. The average Bonchev–Trinajstić information content (AvgIpc) is 2.92. The predicted molar refractivity (Wildman–Crippen MR) is 82.9 cm³/mol. The van der Waals surface area contributed by atoms with Crippen LogP contribution >= 0.6 is 12.2 Å². The molecule has 0 bridgehead atoms. The van der Waals surface area contributed by atoms with Crippen LogP contribution in [0.3, 0.4) is 0 Å². The highest BCUT2D eigenvalue weighted by Gasteiger charge is 2.18. The molecule has 2 aromatic rings. The highest BCUT2D eigenvalue weighted by molar-refractivity contribution is 7.88. The van der Waals surface area contributed by atoms with E-state index in [-0.39, 0.29) is 10.7 Å². The number of sulfonamides is 1. The molecule has 2 rings (SSSR count). The van der Waals surface area contributed by atoms with Crippen molar-refractivity contribution >= 4 is 27.2 Å². The maximum Gasteiger partial charge on any atom is 0.216 e. The predicted octanol–water partition coefficient (Wildman–Crippen LogP) is 0.619. The Morgan fingerprint density at radius 1 is 1.43 bits per heavy atom. The van der Waals surface area contributed by atoms with Gasteiger partial charge in [0.25, 0.3) is 0 Å². The number of nitrogens with two attached hydrogens (primary N) is 1. The molecule has 21 heavy (non-hydrogen) atoms. The highest BCUT2D eigenvalue weighted by atomic mass is 32.2. The molecule has 0 aliphatic carbocycles. The molecule has 112 valence electrons. The van der Waals surface area contributed by atoms with Crippen LogP contribution in [0.1, 0.15) is 29.9 Å². The summed E-state index contributed by atoms with van der Waals surface area (Å²) in [5, 5.41) is 6.32. The Morgan fingerprint density at radius 2 is 2.10 bits per heavy atom. The number of thiocarbonyl (C=S) groups is 1. The second-order valence-electron chi connectivity index (χ2n) is 4.53. The standard InChI is InChI=1S/C12H15N5O2S2/c1-8(12-14-7-15-16-12)17-21(18,19)6-9-2-4-10(5-3-9)11(13)20/h2-5,7-8,17H,6H2,1H3,(H2,13,20)(H,14,15,16). The van der Waals surface area contributed by atoms with E-state index < -0.39 is 16.1 Å². The van der Waals surface area contributed by atoms with Crippen molar-refractivity contribution < 1.29 is 8.42 Å². The van der Waals surface area contributed by atoms with Gasteiger partial charge in [-0.3, -0.25) is 5.10 Å². The lowest BCUT2D eigenvalue weighted by Gasteiger charge is -2.12. The number of nitrogens with zero attached hydrogens (tertiary/aromatic N) is 2. The lowest BCUT2D eigenvalue weighted by Crippen LogP contribution is -2.28. The molecule has 0 saturated carbocycles. The molecule has 7 nitrogen and oxygen atoms in total. The first kappa shape index (κ1) is 15.5. The number of benzene rings is 1. The van der Waals surface area contributed by atoms with Crippen molar-refractivity contribution in [1.82, 2.24) is 19.9 Å². The van der Waals surface area contributed by atoms with E-state index in [0.717, 1.165) is 0 Å². The number of aromatic amines is 1. The van der Waals surface area contributed by atoms with E-state index in [9.17, 15) is 8.42 Å². The van der Waals surface area contributed by atoms with E-state index >= 15 is 0 Å². The summed E-state index contributed by atoms with van der Waals surface area (Å²) in [6.45, 7) is 1.69. The van der Waals surface area contributed by atoms with Crippen molar-refractivity contribution in [2.75, 3.05) is 0 Å². The summed E-state index contributed by atoms with van der Waals surface area (Å²) >= 11 is 4.85. The fourth-order valence-corrected chi connectivity index (χ4v) is 3.28. The fraction of sp³-hybridized carbons (Fsp3) is 0.250. The van der Waals surface area contributed by atoms with Gasteiger partial charge < -0.3 is 5.73 Å². The largest absolute Gasteiger partial charge is 0.389 e. The van der Waals surface area contributed by atoms with Gasteiger partial charge in [0.15, 0.2) is 0 Å². The van der Waals surface area contributed by atoms with Gasteiger partial charge in [-0.25, -0.2) is 18.1 Å². The summed E-state index contributed by atoms with van der Waals surface area (Å²) < 4.78 is 26.7. The van der Waals surface area contributed by atoms with Crippen LogP contribution < -0.4 is 10.5 Å². The van der Waals surface area contributed by atoms with E-state index in [1.807, 2.05) is 0 Å². The maximum atomic E-state index is 12.1. The molecular formula is C12H15N5O2S2. The van der Waals surface area contributed by atoms with Gasteiger partial charge in [-0.05, 0) is 12.5 Å². The first-order chi connectivity index (χ1) is 9.87. The van der Waals surface area contributed by atoms with Crippen LogP contribution in [0.15, 0.2) is 30.6 Å². The molecule has 1 heterocycles. The van der Waals surface area contributed by atoms with Crippen LogP contribution in [0.4, 0.5) is 0 Å². The minimum Gasteiger partial charge on any atom is -0.389 e. The van der Waals surface area contributed by atoms with E-state index in [2.05, 4.69) is 19.9 Å². The van der Waals surface area contributed by atoms with Gasteiger partial charge in [0.2, 0.25) is 10.0 Å². The van der Waals surface area contributed by atoms with Gasteiger partial charge in [0.05, 0.1) is 11.8 Å². The van der Waals surface area contributed by atoms with E-state index in [0.29, 0.717) is 17.0 Å². The van der Waals surface area contributed by atoms with Gasteiger partial charge >= 0.3 is 0 Å². The lowest BCUT2D eigenvalue weighted by molar-refractivity contribution is 0.559. The maximum absolute atomic E-state index is 12.1. The Balaban J connectivity index is 2.05.